The number of aromatic nitrogens is 5. The van der Waals surface area contributed by atoms with Crippen molar-refractivity contribution in [2.45, 2.75) is 0 Å². The second-order valence-electron chi connectivity index (χ2n) is 3.41. The van der Waals surface area contributed by atoms with Crippen molar-refractivity contribution in [3.8, 4) is 5.95 Å². The Labute approximate surface area is 109 Å². The van der Waals surface area contributed by atoms with Gasteiger partial charge in [-0.1, -0.05) is 0 Å². The number of methoxy groups -OCH3 is 1. The molecule has 0 aliphatic carbocycles. The number of anilines is 2. The lowest BCUT2D eigenvalue weighted by molar-refractivity contribution is -0.138. The Kier molecular flexibility index (Phi) is 3.86. The summed E-state index contributed by atoms with van der Waals surface area (Å²) >= 11 is 0. The van der Waals surface area contributed by atoms with E-state index in [1.807, 2.05) is 0 Å². The van der Waals surface area contributed by atoms with Gasteiger partial charge >= 0.3 is 5.97 Å². The van der Waals surface area contributed by atoms with Crippen molar-refractivity contribution in [3.05, 3.63) is 18.5 Å². The summed E-state index contributed by atoms with van der Waals surface area (Å²) in [6.45, 7) is -0.0256. The molecule has 0 aromatic carbocycles. The van der Waals surface area contributed by atoms with Gasteiger partial charge in [0.25, 0.3) is 5.95 Å². The quantitative estimate of drug-likeness (QED) is 0.707. The van der Waals surface area contributed by atoms with Crippen LogP contribution in [-0.2, 0) is 9.53 Å². The Morgan fingerprint density at radius 2 is 2.16 bits per heavy atom. The van der Waals surface area contributed by atoms with Gasteiger partial charge in [-0.3, -0.25) is 4.79 Å². The van der Waals surface area contributed by atoms with Crippen LogP contribution >= 0.6 is 0 Å². The predicted molar refractivity (Wildman–Crippen MR) is 67.0 cm³/mol. The van der Waals surface area contributed by atoms with Crippen LogP contribution in [0.5, 0.6) is 0 Å². The topological polar surface area (TPSA) is 107 Å². The van der Waals surface area contributed by atoms with Crippen LogP contribution in [-0.4, -0.2) is 51.4 Å². The maximum atomic E-state index is 11.1. The highest BCUT2D eigenvalue weighted by Gasteiger charge is 2.08. The van der Waals surface area contributed by atoms with Gasteiger partial charge in [-0.25, -0.2) is 4.68 Å². The molecule has 0 saturated carbocycles. The van der Waals surface area contributed by atoms with Crippen molar-refractivity contribution < 1.29 is 9.53 Å². The van der Waals surface area contributed by atoms with E-state index in [9.17, 15) is 4.79 Å². The first-order chi connectivity index (χ1) is 9.22. The Balaban J connectivity index is 2.23. The van der Waals surface area contributed by atoms with Gasteiger partial charge in [-0.15, -0.1) is 0 Å². The largest absolute Gasteiger partial charge is 0.468 e. The van der Waals surface area contributed by atoms with E-state index in [2.05, 4.69) is 35.4 Å². The molecule has 0 radical (unpaired) electrons. The average molecular weight is 263 g/mol. The SMILES string of the molecule is CNc1nc(NCC(=O)OC)nc(-n2cccn2)n1. The molecule has 9 nitrogen and oxygen atoms in total. The summed E-state index contributed by atoms with van der Waals surface area (Å²) in [5.74, 6) is 0.562. The highest BCUT2D eigenvalue weighted by atomic mass is 16.5. The molecule has 0 spiro atoms. The molecule has 0 aliphatic rings. The van der Waals surface area contributed by atoms with Crippen LogP contribution in [0.4, 0.5) is 11.9 Å². The monoisotopic (exact) mass is 263 g/mol. The van der Waals surface area contributed by atoms with Crippen molar-refractivity contribution in [2.24, 2.45) is 0 Å². The first-order valence-electron chi connectivity index (χ1n) is 5.47. The first-order valence-corrected chi connectivity index (χ1v) is 5.47. The Hall–Kier alpha value is -2.71. The minimum atomic E-state index is -0.410. The van der Waals surface area contributed by atoms with Crippen LogP contribution in [0.15, 0.2) is 18.5 Å². The summed E-state index contributed by atoms with van der Waals surface area (Å²) in [6.07, 6.45) is 3.32. The van der Waals surface area contributed by atoms with Crippen LogP contribution in [0.1, 0.15) is 0 Å². The van der Waals surface area contributed by atoms with E-state index in [-0.39, 0.29) is 12.5 Å². The second-order valence-corrected chi connectivity index (χ2v) is 3.41. The fourth-order valence-electron chi connectivity index (χ4n) is 1.27. The number of hydrogen-bond donors (Lipinski definition) is 2. The van der Waals surface area contributed by atoms with E-state index < -0.39 is 5.97 Å². The lowest BCUT2D eigenvalue weighted by atomic mass is 10.6. The van der Waals surface area contributed by atoms with Gasteiger partial charge < -0.3 is 15.4 Å². The normalized spacial score (nSPS) is 10.0. The zero-order valence-corrected chi connectivity index (χ0v) is 10.5. The van der Waals surface area contributed by atoms with Gasteiger partial charge in [-0.05, 0) is 6.07 Å². The molecule has 0 saturated heterocycles. The molecule has 2 rings (SSSR count). The molecule has 2 aromatic heterocycles. The van der Waals surface area contributed by atoms with Crippen molar-refractivity contribution in [1.82, 2.24) is 24.7 Å². The zero-order valence-electron chi connectivity index (χ0n) is 10.5. The molecule has 0 fully saturated rings. The van der Waals surface area contributed by atoms with Crippen molar-refractivity contribution >= 4 is 17.9 Å². The summed E-state index contributed by atoms with van der Waals surface area (Å²) in [6, 6.07) is 1.75. The molecular weight excluding hydrogens is 250 g/mol. The number of rotatable bonds is 5. The standard InChI is InChI=1S/C10H13N7O2/c1-11-8-14-9(12-6-7(18)19-2)16-10(15-8)17-5-3-4-13-17/h3-5H,6H2,1-2H3,(H2,11,12,14,15,16). The van der Waals surface area contributed by atoms with Gasteiger partial charge in [0.1, 0.15) is 6.54 Å². The summed E-state index contributed by atoms with van der Waals surface area (Å²) in [7, 11) is 3.00. The van der Waals surface area contributed by atoms with E-state index in [1.54, 1.807) is 25.5 Å². The van der Waals surface area contributed by atoms with Gasteiger partial charge in [0, 0.05) is 19.4 Å². The number of esters is 1. The Morgan fingerprint density at radius 3 is 2.79 bits per heavy atom. The van der Waals surface area contributed by atoms with E-state index in [0.717, 1.165) is 0 Å². The molecule has 2 aromatic rings. The number of nitrogens with one attached hydrogen (secondary N) is 2. The van der Waals surface area contributed by atoms with Gasteiger partial charge in [0.15, 0.2) is 0 Å². The lowest BCUT2D eigenvalue weighted by Gasteiger charge is -2.07. The van der Waals surface area contributed by atoms with Gasteiger partial charge in [0.05, 0.1) is 7.11 Å². The molecule has 2 heterocycles. The molecule has 100 valence electrons. The second kappa shape index (κ2) is 5.76. The fourth-order valence-corrected chi connectivity index (χ4v) is 1.27. The van der Waals surface area contributed by atoms with E-state index >= 15 is 0 Å². The minimum Gasteiger partial charge on any atom is -0.468 e. The van der Waals surface area contributed by atoms with Gasteiger partial charge in [0.2, 0.25) is 11.9 Å². The Bertz CT molecular complexity index is 555. The molecule has 0 aliphatic heterocycles. The molecule has 0 unspecified atom stereocenters. The molecular formula is C10H13N7O2. The maximum absolute atomic E-state index is 11.1. The summed E-state index contributed by atoms with van der Waals surface area (Å²) in [4.78, 5) is 23.4. The third kappa shape index (κ3) is 3.15. The highest BCUT2D eigenvalue weighted by Crippen LogP contribution is 2.07. The van der Waals surface area contributed by atoms with Crippen LogP contribution in [0.3, 0.4) is 0 Å². The first kappa shape index (κ1) is 12.7. The average Bonchev–Trinajstić information content (AvgIpc) is 2.98. The van der Waals surface area contributed by atoms with Crippen LogP contribution in [0.25, 0.3) is 5.95 Å². The number of carbonyl (C=O) groups excluding carboxylic acids is 1. The minimum absolute atomic E-state index is 0.0256. The van der Waals surface area contributed by atoms with E-state index in [4.69, 9.17) is 0 Å². The molecule has 0 atom stereocenters. The van der Waals surface area contributed by atoms with Crippen LogP contribution in [0.2, 0.25) is 0 Å². The third-order valence-electron chi connectivity index (χ3n) is 2.18. The van der Waals surface area contributed by atoms with Gasteiger partial charge in [-0.2, -0.15) is 20.1 Å². The van der Waals surface area contributed by atoms with Crippen molar-refractivity contribution in [3.63, 3.8) is 0 Å². The lowest BCUT2D eigenvalue weighted by Crippen LogP contribution is -2.18. The smallest absolute Gasteiger partial charge is 0.325 e. The van der Waals surface area contributed by atoms with E-state index in [1.165, 1.54) is 11.8 Å². The summed E-state index contributed by atoms with van der Waals surface area (Å²) in [5, 5.41) is 9.60. The molecule has 0 bridgehead atoms. The van der Waals surface area contributed by atoms with Crippen LogP contribution < -0.4 is 10.6 Å². The summed E-state index contributed by atoms with van der Waals surface area (Å²) < 4.78 is 6.02. The number of ether oxygens (including phenoxy) is 1. The van der Waals surface area contributed by atoms with Crippen molar-refractivity contribution in [2.75, 3.05) is 31.3 Å². The predicted octanol–water partition coefficient (Wildman–Crippen LogP) is -0.316. The van der Waals surface area contributed by atoms with Crippen molar-refractivity contribution in [1.29, 1.82) is 0 Å². The molecule has 19 heavy (non-hydrogen) atoms. The number of nitrogens with zero attached hydrogens (tertiary/aromatic N) is 5. The van der Waals surface area contributed by atoms with Crippen LogP contribution in [0, 0.1) is 0 Å². The fraction of sp³-hybridized carbons (Fsp3) is 0.300. The highest BCUT2D eigenvalue weighted by molar-refractivity contribution is 5.74. The molecule has 0 amide bonds. The maximum Gasteiger partial charge on any atom is 0.325 e. The molecule has 2 N–H and O–H groups in total. The zero-order chi connectivity index (χ0) is 13.7. The number of carbonyl (C=O) groups is 1. The third-order valence-corrected chi connectivity index (χ3v) is 2.18. The number of hydrogen-bond acceptors (Lipinski definition) is 8. The Morgan fingerprint density at radius 1 is 1.37 bits per heavy atom. The summed E-state index contributed by atoms with van der Waals surface area (Å²) in [5.41, 5.74) is 0. The molecule has 9 heteroatoms. The van der Waals surface area contributed by atoms with E-state index in [0.29, 0.717) is 11.9 Å².